The van der Waals surface area contributed by atoms with Crippen LogP contribution in [0.15, 0.2) is 30.3 Å². The third-order valence-electron chi connectivity index (χ3n) is 4.30. The summed E-state index contributed by atoms with van der Waals surface area (Å²) < 4.78 is 38.6. The van der Waals surface area contributed by atoms with E-state index in [1.807, 2.05) is 0 Å². The average Bonchev–Trinajstić information content (AvgIpc) is 2.47. The maximum Gasteiger partial charge on any atom is 0.394 e. The summed E-state index contributed by atoms with van der Waals surface area (Å²) in [7, 11) is 0. The fourth-order valence-electron chi connectivity index (χ4n) is 2.35. The van der Waals surface area contributed by atoms with Gasteiger partial charge in [0, 0.05) is 13.0 Å². The lowest BCUT2D eigenvalue weighted by Crippen LogP contribution is -2.47. The van der Waals surface area contributed by atoms with E-state index >= 15 is 0 Å². The SMILES string of the molecule is CCC(CNC(=O)CC(C)(C)C(F)(F)F)(C(=O)O)c1ccccc1. The maximum absolute atomic E-state index is 12.9. The molecule has 0 aliphatic rings. The number of halogens is 3. The molecule has 0 fully saturated rings. The summed E-state index contributed by atoms with van der Waals surface area (Å²) in [5.74, 6) is -1.96. The predicted molar refractivity (Wildman–Crippen MR) is 83.5 cm³/mol. The van der Waals surface area contributed by atoms with E-state index in [1.54, 1.807) is 37.3 Å². The van der Waals surface area contributed by atoms with Crippen molar-refractivity contribution in [2.75, 3.05) is 6.54 Å². The summed E-state index contributed by atoms with van der Waals surface area (Å²) in [6.45, 7) is 3.27. The zero-order valence-electron chi connectivity index (χ0n) is 13.9. The lowest BCUT2D eigenvalue weighted by atomic mass is 9.78. The number of alkyl halides is 3. The molecule has 1 rings (SSSR count). The van der Waals surface area contributed by atoms with Gasteiger partial charge in [-0.15, -0.1) is 0 Å². The number of aliphatic carboxylic acids is 1. The van der Waals surface area contributed by atoms with Crippen molar-refractivity contribution < 1.29 is 27.9 Å². The highest BCUT2D eigenvalue weighted by Crippen LogP contribution is 2.40. The number of rotatable bonds is 7. The normalized spacial score (nSPS) is 14.8. The summed E-state index contributed by atoms with van der Waals surface area (Å²) in [6.07, 6.45) is -5.08. The highest BCUT2D eigenvalue weighted by Gasteiger charge is 2.48. The molecule has 134 valence electrons. The van der Waals surface area contributed by atoms with E-state index in [1.165, 1.54) is 0 Å². The second-order valence-corrected chi connectivity index (χ2v) is 6.44. The van der Waals surface area contributed by atoms with Crippen LogP contribution in [0.3, 0.4) is 0 Å². The minimum Gasteiger partial charge on any atom is -0.481 e. The Morgan fingerprint density at radius 2 is 1.67 bits per heavy atom. The summed E-state index contributed by atoms with van der Waals surface area (Å²) in [4.78, 5) is 23.7. The second kappa shape index (κ2) is 7.23. The molecule has 0 aliphatic heterocycles. The number of carbonyl (C=O) groups excluding carboxylic acids is 1. The molecule has 0 radical (unpaired) electrons. The van der Waals surface area contributed by atoms with Crippen LogP contribution in [0.4, 0.5) is 13.2 Å². The first kappa shape index (κ1) is 20.0. The average molecular weight is 345 g/mol. The van der Waals surface area contributed by atoms with Crippen molar-refractivity contribution in [3.63, 3.8) is 0 Å². The summed E-state index contributed by atoms with van der Waals surface area (Å²) in [5.41, 5.74) is -3.06. The summed E-state index contributed by atoms with van der Waals surface area (Å²) >= 11 is 0. The van der Waals surface area contributed by atoms with Crippen LogP contribution in [-0.4, -0.2) is 29.7 Å². The predicted octanol–water partition coefficient (Wildman–Crippen LogP) is 3.51. The first-order valence-corrected chi connectivity index (χ1v) is 7.58. The fraction of sp³-hybridized carbons (Fsp3) is 0.529. The molecule has 4 nitrogen and oxygen atoms in total. The molecule has 1 atom stereocenters. The quantitative estimate of drug-likeness (QED) is 0.795. The number of amides is 1. The molecule has 0 aliphatic carbocycles. The summed E-state index contributed by atoms with van der Waals surface area (Å²) in [6, 6.07) is 8.34. The fourth-order valence-corrected chi connectivity index (χ4v) is 2.35. The number of carbonyl (C=O) groups is 2. The van der Waals surface area contributed by atoms with Crippen LogP contribution >= 0.6 is 0 Å². The lowest BCUT2D eigenvalue weighted by Gasteiger charge is -2.31. The lowest BCUT2D eigenvalue weighted by molar-refractivity contribution is -0.213. The number of carboxylic acid groups (broad SMARTS) is 1. The molecule has 1 aromatic carbocycles. The molecule has 0 aromatic heterocycles. The molecule has 1 amide bonds. The second-order valence-electron chi connectivity index (χ2n) is 6.44. The maximum atomic E-state index is 12.9. The van der Waals surface area contributed by atoms with Crippen molar-refractivity contribution >= 4 is 11.9 Å². The molecule has 1 unspecified atom stereocenters. The van der Waals surface area contributed by atoms with Crippen LogP contribution in [0.1, 0.15) is 39.2 Å². The first-order valence-electron chi connectivity index (χ1n) is 7.58. The van der Waals surface area contributed by atoms with Gasteiger partial charge in [0.1, 0.15) is 5.41 Å². The minimum absolute atomic E-state index is 0.190. The van der Waals surface area contributed by atoms with Gasteiger partial charge in [-0.25, -0.2) is 0 Å². The van der Waals surface area contributed by atoms with E-state index in [0.717, 1.165) is 13.8 Å². The molecule has 2 N–H and O–H groups in total. The number of hydrogen-bond acceptors (Lipinski definition) is 2. The van der Waals surface area contributed by atoms with Crippen molar-refractivity contribution in [3.8, 4) is 0 Å². The van der Waals surface area contributed by atoms with Gasteiger partial charge in [0.25, 0.3) is 0 Å². The molecule has 24 heavy (non-hydrogen) atoms. The molecular weight excluding hydrogens is 323 g/mol. The topological polar surface area (TPSA) is 66.4 Å². The van der Waals surface area contributed by atoms with E-state index in [2.05, 4.69) is 5.32 Å². The Balaban J connectivity index is 2.91. The molecule has 0 saturated heterocycles. The monoisotopic (exact) mass is 345 g/mol. The largest absolute Gasteiger partial charge is 0.481 e. The highest BCUT2D eigenvalue weighted by molar-refractivity contribution is 5.83. The Morgan fingerprint density at radius 1 is 1.12 bits per heavy atom. The molecule has 0 heterocycles. The van der Waals surface area contributed by atoms with Gasteiger partial charge in [-0.2, -0.15) is 13.2 Å². The van der Waals surface area contributed by atoms with Crippen LogP contribution in [-0.2, 0) is 15.0 Å². The van der Waals surface area contributed by atoms with Gasteiger partial charge in [0.05, 0.1) is 5.41 Å². The van der Waals surface area contributed by atoms with Crippen molar-refractivity contribution in [1.82, 2.24) is 5.32 Å². The molecule has 0 saturated carbocycles. The number of hydrogen-bond donors (Lipinski definition) is 2. The Labute approximate surface area is 139 Å². The number of carboxylic acids is 1. The molecule has 7 heteroatoms. The van der Waals surface area contributed by atoms with Gasteiger partial charge in [-0.3, -0.25) is 9.59 Å². The van der Waals surface area contributed by atoms with Crippen molar-refractivity contribution in [2.24, 2.45) is 5.41 Å². The van der Waals surface area contributed by atoms with Crippen LogP contribution in [0, 0.1) is 5.41 Å². The van der Waals surface area contributed by atoms with Crippen LogP contribution in [0.2, 0.25) is 0 Å². The minimum atomic E-state index is -4.52. The van der Waals surface area contributed by atoms with Crippen LogP contribution in [0.25, 0.3) is 0 Å². The smallest absolute Gasteiger partial charge is 0.394 e. The Bertz CT molecular complexity index is 584. The van der Waals surface area contributed by atoms with Crippen molar-refractivity contribution in [1.29, 1.82) is 0 Å². The zero-order chi connectivity index (χ0) is 18.6. The third-order valence-corrected chi connectivity index (χ3v) is 4.30. The Kier molecular flexibility index (Phi) is 6.03. The first-order chi connectivity index (χ1) is 11.0. The van der Waals surface area contributed by atoms with Gasteiger partial charge < -0.3 is 10.4 Å². The van der Waals surface area contributed by atoms with Gasteiger partial charge in [0.15, 0.2) is 0 Å². The van der Waals surface area contributed by atoms with Gasteiger partial charge in [-0.1, -0.05) is 51.1 Å². The zero-order valence-corrected chi connectivity index (χ0v) is 13.9. The standard InChI is InChI=1S/C17H22F3NO3/c1-4-16(14(23)24,12-8-6-5-7-9-12)11-21-13(22)10-15(2,3)17(18,19)20/h5-9H,4,10-11H2,1-3H3,(H,21,22)(H,23,24). The number of benzene rings is 1. The van der Waals surface area contributed by atoms with E-state index in [4.69, 9.17) is 0 Å². The van der Waals surface area contributed by atoms with Gasteiger partial charge in [0.2, 0.25) is 5.91 Å². The van der Waals surface area contributed by atoms with Crippen molar-refractivity contribution in [3.05, 3.63) is 35.9 Å². The molecular formula is C17H22F3NO3. The van der Waals surface area contributed by atoms with E-state index in [9.17, 15) is 27.9 Å². The highest BCUT2D eigenvalue weighted by atomic mass is 19.4. The molecule has 0 spiro atoms. The van der Waals surface area contributed by atoms with Crippen LogP contribution in [0.5, 0.6) is 0 Å². The van der Waals surface area contributed by atoms with E-state index in [-0.39, 0.29) is 13.0 Å². The molecule has 1 aromatic rings. The van der Waals surface area contributed by atoms with Gasteiger partial charge in [-0.05, 0) is 12.0 Å². The third kappa shape index (κ3) is 4.27. The Morgan fingerprint density at radius 3 is 2.08 bits per heavy atom. The van der Waals surface area contributed by atoms with E-state index < -0.39 is 35.3 Å². The van der Waals surface area contributed by atoms with E-state index in [0.29, 0.717) is 5.56 Å². The molecule has 0 bridgehead atoms. The van der Waals surface area contributed by atoms with Crippen molar-refractivity contribution in [2.45, 2.75) is 45.2 Å². The number of nitrogens with one attached hydrogen (secondary N) is 1. The van der Waals surface area contributed by atoms with Crippen LogP contribution < -0.4 is 5.32 Å². The summed E-state index contributed by atoms with van der Waals surface area (Å²) in [5, 5.41) is 12.0. The van der Waals surface area contributed by atoms with Gasteiger partial charge >= 0.3 is 12.1 Å². The Hall–Kier alpha value is -2.05.